The molecule has 1 aliphatic rings. The lowest BCUT2D eigenvalue weighted by Gasteiger charge is -2.27. The van der Waals surface area contributed by atoms with Crippen LogP contribution in [0.4, 0.5) is 0 Å². The molecule has 1 atom stereocenters. The summed E-state index contributed by atoms with van der Waals surface area (Å²) in [6.45, 7) is 5.49. The second-order valence-electron chi connectivity index (χ2n) is 6.09. The van der Waals surface area contributed by atoms with Crippen LogP contribution in [0.2, 0.25) is 0 Å². The van der Waals surface area contributed by atoms with Gasteiger partial charge >= 0.3 is 0 Å². The molecule has 0 aliphatic carbocycles. The number of aliphatic hydroxyl groups excluding tert-OH is 1. The van der Waals surface area contributed by atoms with E-state index < -0.39 is 6.10 Å². The fourth-order valence-electron chi connectivity index (χ4n) is 2.85. The summed E-state index contributed by atoms with van der Waals surface area (Å²) in [7, 11) is 0. The standard InChI is InChI=1S/C17H24N4O3/c1-2-16(22)15-10-13-12-20(7-8-21(13)19-15)6-5-17(23)18-11-14-4-3-9-24-14/h3-4,9-10,16,22H,2,5-8,11-12H2,1H3,(H,18,23)/t16-/m1/s1. The van der Waals surface area contributed by atoms with Crippen LogP contribution in [-0.4, -0.2) is 38.8 Å². The Morgan fingerprint density at radius 2 is 2.38 bits per heavy atom. The van der Waals surface area contributed by atoms with E-state index in [9.17, 15) is 9.90 Å². The molecule has 7 nitrogen and oxygen atoms in total. The van der Waals surface area contributed by atoms with E-state index >= 15 is 0 Å². The predicted molar refractivity (Wildman–Crippen MR) is 87.9 cm³/mol. The Kier molecular flexibility index (Phi) is 5.32. The number of rotatable bonds is 7. The molecule has 1 aliphatic heterocycles. The van der Waals surface area contributed by atoms with Crippen molar-refractivity contribution in [1.82, 2.24) is 20.0 Å². The van der Waals surface area contributed by atoms with Crippen LogP contribution in [0, 0.1) is 0 Å². The van der Waals surface area contributed by atoms with Crippen molar-refractivity contribution in [3.63, 3.8) is 0 Å². The quantitative estimate of drug-likeness (QED) is 0.802. The number of nitrogens with zero attached hydrogens (tertiary/aromatic N) is 3. The second kappa shape index (κ2) is 7.63. The molecule has 2 aromatic rings. The molecular weight excluding hydrogens is 308 g/mol. The Balaban J connectivity index is 1.45. The molecule has 24 heavy (non-hydrogen) atoms. The maximum atomic E-state index is 11.9. The highest BCUT2D eigenvalue weighted by atomic mass is 16.3. The zero-order chi connectivity index (χ0) is 16.9. The van der Waals surface area contributed by atoms with Crippen molar-refractivity contribution in [1.29, 1.82) is 0 Å². The summed E-state index contributed by atoms with van der Waals surface area (Å²) in [5.74, 6) is 0.778. The first kappa shape index (κ1) is 16.7. The first-order valence-corrected chi connectivity index (χ1v) is 8.42. The molecule has 0 bridgehead atoms. The lowest BCUT2D eigenvalue weighted by Crippen LogP contribution is -2.36. The molecule has 7 heteroatoms. The maximum absolute atomic E-state index is 11.9. The van der Waals surface area contributed by atoms with Gasteiger partial charge in [-0.3, -0.25) is 14.4 Å². The van der Waals surface area contributed by atoms with Crippen LogP contribution >= 0.6 is 0 Å². The third kappa shape index (κ3) is 4.04. The number of hydrogen-bond donors (Lipinski definition) is 2. The van der Waals surface area contributed by atoms with E-state index in [-0.39, 0.29) is 5.91 Å². The van der Waals surface area contributed by atoms with Gasteiger partial charge in [-0.2, -0.15) is 5.10 Å². The number of carbonyl (C=O) groups is 1. The molecule has 3 rings (SSSR count). The highest BCUT2D eigenvalue weighted by Crippen LogP contribution is 2.20. The van der Waals surface area contributed by atoms with E-state index in [4.69, 9.17) is 4.42 Å². The van der Waals surface area contributed by atoms with Gasteiger partial charge in [0.2, 0.25) is 5.91 Å². The average molecular weight is 332 g/mol. The summed E-state index contributed by atoms with van der Waals surface area (Å²) in [6.07, 6.45) is 2.22. The molecule has 0 spiro atoms. The first-order valence-electron chi connectivity index (χ1n) is 8.42. The van der Waals surface area contributed by atoms with Gasteiger partial charge < -0.3 is 14.8 Å². The number of aromatic nitrogens is 2. The highest BCUT2D eigenvalue weighted by molar-refractivity contribution is 5.75. The third-order valence-electron chi connectivity index (χ3n) is 4.32. The molecule has 0 radical (unpaired) electrons. The molecule has 130 valence electrons. The van der Waals surface area contributed by atoms with Gasteiger partial charge in [0.25, 0.3) is 0 Å². The maximum Gasteiger partial charge on any atom is 0.221 e. The molecular formula is C17H24N4O3. The van der Waals surface area contributed by atoms with E-state index in [1.807, 2.05) is 29.8 Å². The van der Waals surface area contributed by atoms with Crippen molar-refractivity contribution in [3.05, 3.63) is 41.6 Å². The van der Waals surface area contributed by atoms with Gasteiger partial charge in [0, 0.05) is 26.1 Å². The summed E-state index contributed by atoms with van der Waals surface area (Å²) in [4.78, 5) is 14.2. The fraction of sp³-hybridized carbons (Fsp3) is 0.529. The van der Waals surface area contributed by atoms with Crippen LogP contribution in [0.3, 0.4) is 0 Å². The minimum Gasteiger partial charge on any atom is -0.467 e. The molecule has 3 heterocycles. The Morgan fingerprint density at radius 3 is 3.12 bits per heavy atom. The van der Waals surface area contributed by atoms with Crippen molar-refractivity contribution in [3.8, 4) is 0 Å². The number of hydrogen-bond acceptors (Lipinski definition) is 5. The van der Waals surface area contributed by atoms with Crippen LogP contribution in [0.5, 0.6) is 0 Å². The van der Waals surface area contributed by atoms with E-state index in [1.165, 1.54) is 0 Å². The Morgan fingerprint density at radius 1 is 1.50 bits per heavy atom. The van der Waals surface area contributed by atoms with E-state index in [1.54, 1.807) is 6.26 Å². The van der Waals surface area contributed by atoms with Crippen molar-refractivity contribution in [2.24, 2.45) is 0 Å². The van der Waals surface area contributed by atoms with Gasteiger partial charge in [0.05, 0.1) is 36.8 Å². The zero-order valence-electron chi connectivity index (χ0n) is 13.9. The van der Waals surface area contributed by atoms with Crippen molar-refractivity contribution >= 4 is 5.91 Å². The smallest absolute Gasteiger partial charge is 0.221 e. The van der Waals surface area contributed by atoms with Gasteiger partial charge in [-0.1, -0.05) is 6.92 Å². The summed E-state index contributed by atoms with van der Waals surface area (Å²) in [5, 5.41) is 17.2. The summed E-state index contributed by atoms with van der Waals surface area (Å²) >= 11 is 0. The van der Waals surface area contributed by atoms with E-state index in [2.05, 4.69) is 15.3 Å². The summed E-state index contributed by atoms with van der Waals surface area (Å²) in [5.41, 5.74) is 1.84. The Bertz CT molecular complexity index is 665. The van der Waals surface area contributed by atoms with Gasteiger partial charge in [0.15, 0.2) is 0 Å². The molecule has 0 fully saturated rings. The Hall–Kier alpha value is -2.12. The van der Waals surface area contributed by atoms with Gasteiger partial charge in [-0.15, -0.1) is 0 Å². The molecule has 2 N–H and O–H groups in total. The van der Waals surface area contributed by atoms with Crippen LogP contribution < -0.4 is 5.32 Å². The topological polar surface area (TPSA) is 83.5 Å². The summed E-state index contributed by atoms with van der Waals surface area (Å²) < 4.78 is 7.15. The number of carbonyl (C=O) groups excluding carboxylic acids is 1. The number of amides is 1. The lowest BCUT2D eigenvalue weighted by atomic mass is 10.2. The highest BCUT2D eigenvalue weighted by Gasteiger charge is 2.20. The van der Waals surface area contributed by atoms with Crippen molar-refractivity contribution in [2.45, 2.75) is 45.5 Å². The zero-order valence-corrected chi connectivity index (χ0v) is 13.9. The predicted octanol–water partition coefficient (Wildman–Crippen LogP) is 1.44. The minimum atomic E-state index is -0.496. The minimum absolute atomic E-state index is 0.0209. The number of fused-ring (bicyclic) bond motifs is 1. The summed E-state index contributed by atoms with van der Waals surface area (Å²) in [6, 6.07) is 5.62. The first-order chi connectivity index (χ1) is 11.7. The average Bonchev–Trinajstić information content (AvgIpc) is 3.26. The lowest BCUT2D eigenvalue weighted by molar-refractivity contribution is -0.121. The van der Waals surface area contributed by atoms with Crippen LogP contribution in [-0.2, 0) is 24.4 Å². The van der Waals surface area contributed by atoms with Crippen LogP contribution in [0.15, 0.2) is 28.9 Å². The monoisotopic (exact) mass is 332 g/mol. The van der Waals surface area contributed by atoms with Crippen molar-refractivity contribution in [2.75, 3.05) is 13.1 Å². The Labute approximate surface area is 141 Å². The second-order valence-corrected chi connectivity index (χ2v) is 6.09. The van der Waals surface area contributed by atoms with Gasteiger partial charge in [0.1, 0.15) is 5.76 Å². The van der Waals surface area contributed by atoms with Gasteiger partial charge in [-0.25, -0.2) is 0 Å². The molecule has 0 saturated carbocycles. The molecule has 1 amide bonds. The molecule has 2 aromatic heterocycles. The van der Waals surface area contributed by atoms with Crippen molar-refractivity contribution < 1.29 is 14.3 Å². The van der Waals surface area contributed by atoms with Gasteiger partial charge in [-0.05, 0) is 24.6 Å². The van der Waals surface area contributed by atoms with Crippen LogP contribution in [0.1, 0.15) is 43.0 Å². The number of furan rings is 1. The molecule has 0 aromatic carbocycles. The third-order valence-corrected chi connectivity index (χ3v) is 4.32. The number of nitrogens with one attached hydrogen (secondary N) is 1. The number of aliphatic hydroxyl groups is 1. The SMILES string of the molecule is CC[C@@H](O)c1cc2n(n1)CCN(CCC(=O)NCc1ccco1)C2. The molecule has 0 saturated heterocycles. The normalized spacial score (nSPS) is 15.9. The fourth-order valence-corrected chi connectivity index (χ4v) is 2.85. The van der Waals surface area contributed by atoms with Crippen LogP contribution in [0.25, 0.3) is 0 Å². The van der Waals surface area contributed by atoms with E-state index in [0.717, 1.165) is 36.8 Å². The largest absolute Gasteiger partial charge is 0.467 e. The molecule has 0 unspecified atom stereocenters. The van der Waals surface area contributed by atoms with E-state index in [0.29, 0.717) is 25.9 Å².